The number of benzene rings is 1. The van der Waals surface area contributed by atoms with Gasteiger partial charge in [-0.15, -0.1) is 0 Å². The highest BCUT2D eigenvalue weighted by Gasteiger charge is 2.16. The number of nitrogens with one attached hydrogen (secondary N) is 1. The molecule has 2 nitrogen and oxygen atoms in total. The third-order valence-corrected chi connectivity index (χ3v) is 4.14. The summed E-state index contributed by atoms with van der Waals surface area (Å²) in [5, 5.41) is 9.01. The number of halogens is 4. The molecule has 86 valence electrons. The molecule has 6 heteroatoms. The molecule has 0 aliphatic carbocycles. The van der Waals surface area contributed by atoms with Crippen molar-refractivity contribution in [3.8, 4) is 17.3 Å². The van der Waals surface area contributed by atoms with Crippen molar-refractivity contribution in [2.75, 3.05) is 0 Å². The Hall–Kier alpha value is -1.19. The number of rotatable bonds is 1. The molecule has 0 aliphatic rings. The number of nitrogens with zero attached hydrogens (tertiary/aromatic N) is 1. The van der Waals surface area contributed by atoms with E-state index in [-0.39, 0.29) is 0 Å². The summed E-state index contributed by atoms with van der Waals surface area (Å²) in [4.78, 5) is 2.89. The first-order valence-corrected chi connectivity index (χ1v) is 6.05. The van der Waals surface area contributed by atoms with Crippen molar-refractivity contribution in [2.45, 2.75) is 0 Å². The summed E-state index contributed by atoms with van der Waals surface area (Å²) in [5.74, 6) is -1.87. The average Bonchev–Trinajstić information content (AvgIpc) is 2.59. The summed E-state index contributed by atoms with van der Waals surface area (Å²) in [6.45, 7) is 0. The van der Waals surface area contributed by atoms with Gasteiger partial charge in [-0.1, -0.05) is 0 Å². The molecule has 0 saturated heterocycles. The van der Waals surface area contributed by atoms with Gasteiger partial charge in [0.2, 0.25) is 0 Å². The van der Waals surface area contributed by atoms with Crippen molar-refractivity contribution >= 4 is 31.9 Å². The van der Waals surface area contributed by atoms with Crippen LogP contribution in [0.5, 0.6) is 0 Å². The van der Waals surface area contributed by atoms with Crippen molar-refractivity contribution in [3.63, 3.8) is 0 Å². The predicted molar refractivity (Wildman–Crippen MR) is 66.3 cm³/mol. The average molecular weight is 362 g/mol. The zero-order valence-corrected chi connectivity index (χ0v) is 11.4. The molecule has 0 atom stereocenters. The molecular weight excluding hydrogens is 358 g/mol. The van der Waals surface area contributed by atoms with Crippen LogP contribution in [0, 0.1) is 23.0 Å². The fraction of sp³-hybridized carbons (Fsp3) is 0. The highest BCUT2D eigenvalue weighted by Crippen LogP contribution is 2.34. The van der Waals surface area contributed by atoms with Crippen LogP contribution in [0.25, 0.3) is 11.3 Å². The standard InChI is InChI=1S/C11H4Br2F2N2/c12-9-6(4-16)10(17-11(9)13)5-1-2-7(14)8(15)3-5/h1-3,17H. The molecule has 0 unspecified atom stereocenters. The van der Waals surface area contributed by atoms with E-state index >= 15 is 0 Å². The molecule has 0 amide bonds. The largest absolute Gasteiger partial charge is 0.347 e. The fourth-order valence-electron chi connectivity index (χ4n) is 1.42. The third-order valence-electron chi connectivity index (χ3n) is 2.22. The maximum Gasteiger partial charge on any atom is 0.159 e. The molecule has 0 radical (unpaired) electrons. The van der Waals surface area contributed by atoms with Crippen LogP contribution >= 0.6 is 31.9 Å². The van der Waals surface area contributed by atoms with Gasteiger partial charge < -0.3 is 4.98 Å². The Labute approximate surface area is 113 Å². The summed E-state index contributed by atoms with van der Waals surface area (Å²) in [7, 11) is 0. The highest BCUT2D eigenvalue weighted by molar-refractivity contribution is 9.13. The predicted octanol–water partition coefficient (Wildman–Crippen LogP) is 4.36. The van der Waals surface area contributed by atoms with E-state index in [2.05, 4.69) is 36.8 Å². The Kier molecular flexibility index (Phi) is 3.31. The van der Waals surface area contributed by atoms with Crippen molar-refractivity contribution < 1.29 is 8.78 Å². The van der Waals surface area contributed by atoms with Crippen LogP contribution < -0.4 is 0 Å². The number of H-pyrrole nitrogens is 1. The zero-order chi connectivity index (χ0) is 12.6. The van der Waals surface area contributed by atoms with E-state index in [1.165, 1.54) is 6.07 Å². The molecule has 1 aromatic carbocycles. The lowest BCUT2D eigenvalue weighted by molar-refractivity contribution is 0.509. The van der Waals surface area contributed by atoms with Gasteiger partial charge in [-0.05, 0) is 50.1 Å². The molecule has 0 aliphatic heterocycles. The Bertz CT molecular complexity index is 629. The second-order valence-electron chi connectivity index (χ2n) is 3.24. The van der Waals surface area contributed by atoms with Crippen LogP contribution in [-0.2, 0) is 0 Å². The molecule has 0 saturated carbocycles. The SMILES string of the molecule is N#Cc1c(-c2ccc(F)c(F)c2)[nH]c(Br)c1Br. The highest BCUT2D eigenvalue weighted by atomic mass is 79.9. The van der Waals surface area contributed by atoms with Crippen LogP contribution in [-0.4, -0.2) is 4.98 Å². The van der Waals surface area contributed by atoms with Crippen molar-refractivity contribution in [1.82, 2.24) is 4.98 Å². The van der Waals surface area contributed by atoms with Gasteiger partial charge in [0.15, 0.2) is 11.6 Å². The summed E-state index contributed by atoms with van der Waals surface area (Å²) < 4.78 is 27.1. The Morgan fingerprint density at radius 1 is 1.18 bits per heavy atom. The Morgan fingerprint density at radius 2 is 1.88 bits per heavy atom. The molecule has 17 heavy (non-hydrogen) atoms. The topological polar surface area (TPSA) is 39.6 Å². The lowest BCUT2D eigenvalue weighted by Crippen LogP contribution is -1.87. The van der Waals surface area contributed by atoms with Gasteiger partial charge in [-0.2, -0.15) is 5.26 Å². The van der Waals surface area contributed by atoms with Crippen molar-refractivity contribution in [3.05, 3.63) is 44.5 Å². The van der Waals surface area contributed by atoms with Crippen molar-refractivity contribution in [2.24, 2.45) is 0 Å². The van der Waals surface area contributed by atoms with E-state index in [0.717, 1.165) is 12.1 Å². The molecule has 0 fully saturated rings. The quantitative estimate of drug-likeness (QED) is 0.805. The molecule has 1 heterocycles. The van der Waals surface area contributed by atoms with Gasteiger partial charge in [0, 0.05) is 5.56 Å². The lowest BCUT2D eigenvalue weighted by atomic mass is 10.1. The summed E-state index contributed by atoms with van der Waals surface area (Å²) in [6.07, 6.45) is 0. The number of nitriles is 1. The molecule has 1 N–H and O–H groups in total. The second kappa shape index (κ2) is 4.59. The molecule has 2 rings (SSSR count). The van der Waals surface area contributed by atoms with Gasteiger partial charge in [-0.3, -0.25) is 0 Å². The minimum Gasteiger partial charge on any atom is -0.347 e. The summed E-state index contributed by atoms with van der Waals surface area (Å²) in [5.41, 5.74) is 1.18. The number of aromatic nitrogens is 1. The van der Waals surface area contributed by atoms with Crippen LogP contribution in [0.15, 0.2) is 27.3 Å². The molecule has 1 aromatic heterocycles. The first kappa shape index (κ1) is 12.3. The minimum absolute atomic E-state index is 0.336. The first-order chi connectivity index (χ1) is 8.04. The third kappa shape index (κ3) is 2.13. The fourth-order valence-corrected chi connectivity index (χ4v) is 2.20. The maximum atomic E-state index is 13.1. The van der Waals surface area contributed by atoms with Gasteiger partial charge >= 0.3 is 0 Å². The normalized spacial score (nSPS) is 10.3. The Morgan fingerprint density at radius 3 is 2.47 bits per heavy atom. The van der Waals surface area contributed by atoms with Crippen LogP contribution in [0.4, 0.5) is 8.78 Å². The van der Waals surface area contributed by atoms with E-state index in [1.54, 1.807) is 0 Å². The Balaban J connectivity index is 2.65. The van der Waals surface area contributed by atoms with Crippen molar-refractivity contribution in [1.29, 1.82) is 5.26 Å². The summed E-state index contributed by atoms with van der Waals surface area (Å²) in [6, 6.07) is 5.46. The zero-order valence-electron chi connectivity index (χ0n) is 8.19. The van der Waals surface area contributed by atoms with Gasteiger partial charge in [0.1, 0.15) is 6.07 Å². The number of aromatic amines is 1. The van der Waals surface area contributed by atoms with E-state index in [1.807, 2.05) is 6.07 Å². The maximum absolute atomic E-state index is 13.1. The van der Waals surface area contributed by atoms with Gasteiger partial charge in [0.05, 0.1) is 20.3 Å². The van der Waals surface area contributed by atoms with Crippen LogP contribution in [0.1, 0.15) is 5.56 Å². The molecular formula is C11H4Br2F2N2. The van der Waals surface area contributed by atoms with Gasteiger partial charge in [0.25, 0.3) is 0 Å². The van der Waals surface area contributed by atoms with E-state index in [9.17, 15) is 8.78 Å². The molecule has 0 bridgehead atoms. The number of hydrogen-bond acceptors (Lipinski definition) is 1. The monoisotopic (exact) mass is 360 g/mol. The van der Waals surface area contributed by atoms with Crippen LogP contribution in [0.2, 0.25) is 0 Å². The smallest absolute Gasteiger partial charge is 0.159 e. The lowest BCUT2D eigenvalue weighted by Gasteiger charge is -2.00. The van der Waals surface area contributed by atoms with Crippen LogP contribution in [0.3, 0.4) is 0 Å². The van der Waals surface area contributed by atoms with E-state index < -0.39 is 11.6 Å². The minimum atomic E-state index is -0.951. The number of hydrogen-bond donors (Lipinski definition) is 1. The second-order valence-corrected chi connectivity index (χ2v) is 4.83. The van der Waals surface area contributed by atoms with E-state index in [0.29, 0.717) is 25.9 Å². The van der Waals surface area contributed by atoms with Gasteiger partial charge in [-0.25, -0.2) is 8.78 Å². The molecule has 0 spiro atoms. The van der Waals surface area contributed by atoms with E-state index in [4.69, 9.17) is 5.26 Å². The molecule has 2 aromatic rings. The summed E-state index contributed by atoms with van der Waals surface area (Å²) >= 11 is 6.44. The first-order valence-electron chi connectivity index (χ1n) is 4.47.